The summed E-state index contributed by atoms with van der Waals surface area (Å²) in [7, 11) is 0. The van der Waals surface area contributed by atoms with Gasteiger partial charge in [0.2, 0.25) is 0 Å². The predicted molar refractivity (Wildman–Crippen MR) is 126 cm³/mol. The van der Waals surface area contributed by atoms with Gasteiger partial charge >= 0.3 is 5.97 Å². The van der Waals surface area contributed by atoms with Gasteiger partial charge in [-0.25, -0.2) is 4.79 Å². The first kappa shape index (κ1) is 24.1. The number of ether oxygens (including phenoxy) is 3. The number of carbonyl (C=O) groups is 1. The van der Waals surface area contributed by atoms with Crippen LogP contribution in [0, 0.1) is 0 Å². The molecule has 0 radical (unpaired) electrons. The summed E-state index contributed by atoms with van der Waals surface area (Å²) in [5.74, 6) is 1.09. The van der Waals surface area contributed by atoms with Gasteiger partial charge < -0.3 is 19.3 Å². The van der Waals surface area contributed by atoms with E-state index in [1.54, 1.807) is 6.08 Å². The summed E-state index contributed by atoms with van der Waals surface area (Å²) >= 11 is 0. The zero-order valence-electron chi connectivity index (χ0n) is 19.2. The number of hydrogen-bond donors (Lipinski definition) is 1. The lowest BCUT2D eigenvalue weighted by Crippen LogP contribution is -2.38. The topological polar surface area (TPSA) is 65.0 Å². The fraction of sp³-hybridized carbons (Fsp3) is 0.519. The van der Waals surface area contributed by atoms with Crippen molar-refractivity contribution >= 4 is 5.97 Å². The number of benzene rings is 1. The minimum absolute atomic E-state index is 0.291. The van der Waals surface area contributed by atoms with Crippen molar-refractivity contribution in [1.29, 1.82) is 0 Å². The van der Waals surface area contributed by atoms with Gasteiger partial charge in [-0.05, 0) is 67.9 Å². The number of carboxylic acid groups (broad SMARTS) is 1. The average Bonchev–Trinajstić information content (AvgIpc) is 3.28. The van der Waals surface area contributed by atoms with Gasteiger partial charge in [0.1, 0.15) is 24.7 Å². The number of carboxylic acids is 1. The van der Waals surface area contributed by atoms with E-state index in [9.17, 15) is 9.90 Å². The summed E-state index contributed by atoms with van der Waals surface area (Å²) in [6.45, 7) is 7.10. The van der Waals surface area contributed by atoms with Crippen LogP contribution in [0.4, 0.5) is 0 Å². The first-order valence-electron chi connectivity index (χ1n) is 11.8. The fourth-order valence-corrected chi connectivity index (χ4v) is 4.64. The second kappa shape index (κ2) is 11.9. The number of rotatable bonds is 11. The molecule has 32 heavy (non-hydrogen) atoms. The SMILES string of the molecule is C=C(/C=C(\C=C/C)CC1(C(=O)O)CCCO1)OCCOc1ccc(C2CCCCC2)cc1. The van der Waals surface area contributed by atoms with Crippen molar-refractivity contribution in [3.63, 3.8) is 0 Å². The first-order chi connectivity index (χ1) is 15.5. The molecule has 1 unspecified atom stereocenters. The Hall–Kier alpha value is -2.53. The lowest BCUT2D eigenvalue weighted by molar-refractivity contribution is -0.159. The molecule has 1 saturated carbocycles. The zero-order valence-corrected chi connectivity index (χ0v) is 19.2. The van der Waals surface area contributed by atoms with E-state index in [0.717, 1.165) is 17.7 Å². The molecule has 3 rings (SSSR count). The van der Waals surface area contributed by atoms with Gasteiger partial charge in [0.15, 0.2) is 5.60 Å². The highest BCUT2D eigenvalue weighted by atomic mass is 16.5. The van der Waals surface area contributed by atoms with Crippen LogP contribution in [0.5, 0.6) is 5.75 Å². The number of aliphatic carboxylic acids is 1. The number of hydrogen-bond acceptors (Lipinski definition) is 4. The zero-order chi connectivity index (χ0) is 22.8. The van der Waals surface area contributed by atoms with Crippen LogP contribution in [-0.2, 0) is 14.3 Å². The highest BCUT2D eigenvalue weighted by molar-refractivity contribution is 5.78. The van der Waals surface area contributed by atoms with Crippen LogP contribution in [0.1, 0.15) is 69.8 Å². The van der Waals surface area contributed by atoms with Crippen LogP contribution in [0.3, 0.4) is 0 Å². The van der Waals surface area contributed by atoms with Crippen molar-refractivity contribution in [2.45, 2.75) is 69.8 Å². The highest BCUT2D eigenvalue weighted by Crippen LogP contribution is 2.34. The van der Waals surface area contributed by atoms with E-state index in [2.05, 4.69) is 18.7 Å². The van der Waals surface area contributed by atoms with Crippen molar-refractivity contribution in [2.24, 2.45) is 0 Å². The molecule has 2 aliphatic rings. The van der Waals surface area contributed by atoms with Gasteiger partial charge in [-0.3, -0.25) is 0 Å². The van der Waals surface area contributed by atoms with Crippen LogP contribution in [-0.4, -0.2) is 36.5 Å². The molecule has 1 aromatic rings. The Morgan fingerprint density at radius 3 is 2.56 bits per heavy atom. The van der Waals surface area contributed by atoms with E-state index in [4.69, 9.17) is 14.2 Å². The van der Waals surface area contributed by atoms with E-state index in [-0.39, 0.29) is 0 Å². The minimum Gasteiger partial charge on any atom is -0.491 e. The Balaban J connectivity index is 1.45. The van der Waals surface area contributed by atoms with E-state index in [1.165, 1.54) is 37.7 Å². The van der Waals surface area contributed by atoms with Crippen molar-refractivity contribution in [2.75, 3.05) is 19.8 Å². The molecular weight excluding hydrogens is 404 g/mol. The van der Waals surface area contributed by atoms with E-state index in [0.29, 0.717) is 44.3 Å². The molecule has 1 heterocycles. The van der Waals surface area contributed by atoms with Gasteiger partial charge in [0.25, 0.3) is 0 Å². The van der Waals surface area contributed by atoms with Crippen molar-refractivity contribution < 1.29 is 24.1 Å². The van der Waals surface area contributed by atoms with Crippen LogP contribution in [0.15, 0.2) is 60.4 Å². The molecule has 1 aromatic carbocycles. The Labute approximate surface area is 191 Å². The van der Waals surface area contributed by atoms with Gasteiger partial charge in [-0.15, -0.1) is 0 Å². The van der Waals surface area contributed by atoms with Crippen LogP contribution >= 0.6 is 0 Å². The molecular formula is C27H36O5. The quantitative estimate of drug-likeness (QED) is 0.253. The maximum absolute atomic E-state index is 11.8. The lowest BCUT2D eigenvalue weighted by atomic mass is 9.84. The summed E-state index contributed by atoms with van der Waals surface area (Å²) < 4.78 is 17.1. The Morgan fingerprint density at radius 2 is 1.94 bits per heavy atom. The molecule has 1 aliphatic heterocycles. The number of allylic oxidation sites excluding steroid dienone is 3. The van der Waals surface area contributed by atoms with Crippen molar-refractivity contribution in [3.8, 4) is 5.75 Å². The third-order valence-corrected chi connectivity index (χ3v) is 6.31. The van der Waals surface area contributed by atoms with E-state index >= 15 is 0 Å². The molecule has 5 nitrogen and oxygen atoms in total. The normalized spacial score (nSPS) is 22.2. The Morgan fingerprint density at radius 1 is 1.19 bits per heavy atom. The predicted octanol–water partition coefficient (Wildman–Crippen LogP) is 6.17. The second-order valence-electron chi connectivity index (χ2n) is 8.71. The summed E-state index contributed by atoms with van der Waals surface area (Å²) in [5, 5.41) is 9.64. The standard InChI is InChI=1S/C27H36O5/c1-3-8-22(20-27(26(28)29)15-7-16-32-27)19-21(2)30-17-18-31-25-13-11-24(12-14-25)23-9-5-4-6-10-23/h3,8,11-14,19,23H,2,4-7,9-10,15-18,20H2,1H3,(H,28,29)/b8-3-,22-19+. The summed E-state index contributed by atoms with van der Waals surface area (Å²) in [6.07, 6.45) is 13.7. The molecule has 0 spiro atoms. The third kappa shape index (κ3) is 6.73. The smallest absolute Gasteiger partial charge is 0.336 e. The molecule has 0 amide bonds. The van der Waals surface area contributed by atoms with Crippen LogP contribution in [0.25, 0.3) is 0 Å². The maximum atomic E-state index is 11.8. The first-order valence-corrected chi connectivity index (χ1v) is 11.8. The summed E-state index contributed by atoms with van der Waals surface area (Å²) in [5.41, 5.74) is 1.08. The molecule has 0 bridgehead atoms. The third-order valence-electron chi connectivity index (χ3n) is 6.31. The average molecular weight is 441 g/mol. The van der Waals surface area contributed by atoms with Crippen molar-refractivity contribution in [1.82, 2.24) is 0 Å². The fourth-order valence-electron chi connectivity index (χ4n) is 4.64. The van der Waals surface area contributed by atoms with E-state index < -0.39 is 11.6 Å². The summed E-state index contributed by atoms with van der Waals surface area (Å²) in [4.78, 5) is 11.8. The molecule has 0 aromatic heterocycles. The van der Waals surface area contributed by atoms with Gasteiger partial charge in [-0.1, -0.05) is 50.1 Å². The molecule has 1 saturated heterocycles. The maximum Gasteiger partial charge on any atom is 0.336 e. The minimum atomic E-state index is -1.15. The molecule has 1 atom stereocenters. The Bertz CT molecular complexity index is 809. The largest absolute Gasteiger partial charge is 0.491 e. The molecule has 5 heteroatoms. The highest BCUT2D eigenvalue weighted by Gasteiger charge is 2.43. The van der Waals surface area contributed by atoms with Gasteiger partial charge in [0, 0.05) is 13.0 Å². The molecule has 1 aliphatic carbocycles. The molecule has 174 valence electrons. The van der Waals surface area contributed by atoms with Crippen LogP contribution < -0.4 is 4.74 Å². The monoisotopic (exact) mass is 440 g/mol. The van der Waals surface area contributed by atoms with Crippen molar-refractivity contribution in [3.05, 3.63) is 66.0 Å². The summed E-state index contributed by atoms with van der Waals surface area (Å²) in [6, 6.07) is 8.44. The van der Waals surface area contributed by atoms with Gasteiger partial charge in [0.05, 0.1) is 0 Å². The lowest BCUT2D eigenvalue weighted by Gasteiger charge is -2.24. The molecule has 2 fully saturated rings. The van der Waals surface area contributed by atoms with E-state index in [1.807, 2.05) is 31.2 Å². The van der Waals surface area contributed by atoms with Gasteiger partial charge in [-0.2, -0.15) is 0 Å². The van der Waals surface area contributed by atoms with Crippen LogP contribution in [0.2, 0.25) is 0 Å². The Kier molecular flexibility index (Phi) is 8.98. The second-order valence-corrected chi connectivity index (χ2v) is 8.71. The molecule has 1 N–H and O–H groups in total.